The third-order valence-electron chi connectivity index (χ3n) is 2.44. The predicted molar refractivity (Wildman–Crippen MR) is 70.7 cm³/mol. The second-order valence-corrected chi connectivity index (χ2v) is 4.25. The molecule has 0 saturated carbocycles. The standard InChI is InChI=1S/C15H20O2/c1-4-6-15(11-17-13(3)16)10-14-8-5-7-12(2)9-14/h5,7-10H,4,6,11H2,1-3H3. The molecule has 0 N–H and O–H groups in total. The van der Waals surface area contributed by atoms with Crippen molar-refractivity contribution in [1.82, 2.24) is 0 Å². The van der Waals surface area contributed by atoms with Crippen molar-refractivity contribution >= 4 is 12.0 Å². The summed E-state index contributed by atoms with van der Waals surface area (Å²) >= 11 is 0. The summed E-state index contributed by atoms with van der Waals surface area (Å²) in [6, 6.07) is 8.30. The maximum absolute atomic E-state index is 10.8. The average Bonchev–Trinajstić information content (AvgIpc) is 2.26. The third-order valence-corrected chi connectivity index (χ3v) is 2.44. The van der Waals surface area contributed by atoms with Crippen LogP contribution in [0.1, 0.15) is 37.8 Å². The Morgan fingerprint density at radius 2 is 2.18 bits per heavy atom. The van der Waals surface area contributed by atoms with E-state index in [1.807, 2.05) is 6.07 Å². The minimum Gasteiger partial charge on any atom is -0.461 e. The quantitative estimate of drug-likeness (QED) is 0.723. The van der Waals surface area contributed by atoms with Crippen molar-refractivity contribution in [2.75, 3.05) is 6.61 Å². The summed E-state index contributed by atoms with van der Waals surface area (Å²) < 4.78 is 5.05. The first-order valence-electron chi connectivity index (χ1n) is 6.01. The molecule has 2 heteroatoms. The Morgan fingerprint density at radius 3 is 2.76 bits per heavy atom. The summed E-state index contributed by atoms with van der Waals surface area (Å²) in [7, 11) is 0. The molecule has 1 aromatic carbocycles. The molecule has 0 fully saturated rings. The Kier molecular flexibility index (Phi) is 5.47. The second kappa shape index (κ2) is 6.89. The van der Waals surface area contributed by atoms with Crippen LogP contribution in [-0.4, -0.2) is 12.6 Å². The van der Waals surface area contributed by atoms with Gasteiger partial charge in [0.05, 0.1) is 0 Å². The molecular weight excluding hydrogens is 212 g/mol. The summed E-state index contributed by atoms with van der Waals surface area (Å²) in [6.45, 7) is 6.04. The topological polar surface area (TPSA) is 26.3 Å². The molecule has 92 valence electrons. The van der Waals surface area contributed by atoms with Crippen LogP contribution >= 0.6 is 0 Å². The van der Waals surface area contributed by atoms with Crippen LogP contribution < -0.4 is 0 Å². The molecule has 0 heterocycles. The van der Waals surface area contributed by atoms with E-state index in [0.29, 0.717) is 6.61 Å². The number of hydrogen-bond acceptors (Lipinski definition) is 2. The van der Waals surface area contributed by atoms with Gasteiger partial charge in [0, 0.05) is 6.92 Å². The first kappa shape index (κ1) is 13.5. The highest BCUT2D eigenvalue weighted by molar-refractivity contribution is 5.66. The predicted octanol–water partition coefficient (Wildman–Crippen LogP) is 3.74. The lowest BCUT2D eigenvalue weighted by molar-refractivity contribution is -0.140. The molecule has 1 aromatic rings. The molecule has 2 nitrogen and oxygen atoms in total. The van der Waals surface area contributed by atoms with E-state index in [-0.39, 0.29) is 5.97 Å². The Labute approximate surface area is 103 Å². The average molecular weight is 232 g/mol. The molecule has 0 aromatic heterocycles. The highest BCUT2D eigenvalue weighted by Gasteiger charge is 2.00. The molecule has 17 heavy (non-hydrogen) atoms. The summed E-state index contributed by atoms with van der Waals surface area (Å²) in [4.78, 5) is 10.8. The van der Waals surface area contributed by atoms with Gasteiger partial charge in [0.25, 0.3) is 0 Å². The number of hydrogen-bond donors (Lipinski definition) is 0. The summed E-state index contributed by atoms with van der Waals surface area (Å²) in [5.41, 5.74) is 3.57. The van der Waals surface area contributed by atoms with Crippen molar-refractivity contribution in [2.24, 2.45) is 0 Å². The Morgan fingerprint density at radius 1 is 1.41 bits per heavy atom. The molecular formula is C15H20O2. The molecule has 0 radical (unpaired) electrons. The Hall–Kier alpha value is -1.57. The number of carbonyl (C=O) groups is 1. The van der Waals surface area contributed by atoms with Crippen molar-refractivity contribution in [3.63, 3.8) is 0 Å². The zero-order chi connectivity index (χ0) is 12.7. The number of ether oxygens (including phenoxy) is 1. The highest BCUT2D eigenvalue weighted by Crippen LogP contribution is 2.13. The molecule has 0 unspecified atom stereocenters. The number of carbonyl (C=O) groups excluding carboxylic acids is 1. The lowest BCUT2D eigenvalue weighted by Gasteiger charge is -2.07. The fraction of sp³-hybridized carbons (Fsp3) is 0.400. The Bertz CT molecular complexity index is 405. The first-order chi connectivity index (χ1) is 8.11. The van der Waals surface area contributed by atoms with Gasteiger partial charge in [0.2, 0.25) is 0 Å². The minimum atomic E-state index is -0.226. The molecule has 0 saturated heterocycles. The van der Waals surface area contributed by atoms with Crippen LogP contribution in [0.4, 0.5) is 0 Å². The van der Waals surface area contributed by atoms with Crippen LogP contribution in [0.15, 0.2) is 29.8 Å². The number of aryl methyl sites for hydroxylation is 1. The van der Waals surface area contributed by atoms with E-state index >= 15 is 0 Å². The molecule has 0 spiro atoms. The molecule has 0 atom stereocenters. The molecule has 0 amide bonds. The zero-order valence-electron chi connectivity index (χ0n) is 10.8. The van der Waals surface area contributed by atoms with E-state index in [2.05, 4.69) is 38.1 Å². The van der Waals surface area contributed by atoms with Gasteiger partial charge in [-0.25, -0.2) is 0 Å². The third kappa shape index (κ3) is 5.34. The normalized spacial score (nSPS) is 11.4. The summed E-state index contributed by atoms with van der Waals surface area (Å²) in [5, 5.41) is 0. The van der Waals surface area contributed by atoms with Crippen molar-refractivity contribution in [1.29, 1.82) is 0 Å². The van der Waals surface area contributed by atoms with Gasteiger partial charge in [-0.05, 0) is 24.5 Å². The lowest BCUT2D eigenvalue weighted by atomic mass is 10.1. The molecule has 0 aliphatic rings. The van der Waals surface area contributed by atoms with Crippen molar-refractivity contribution < 1.29 is 9.53 Å². The van der Waals surface area contributed by atoms with Crippen LogP contribution in [-0.2, 0) is 9.53 Å². The number of benzene rings is 1. The fourth-order valence-electron chi connectivity index (χ4n) is 1.70. The van der Waals surface area contributed by atoms with E-state index in [4.69, 9.17) is 4.74 Å². The number of esters is 1. The smallest absolute Gasteiger partial charge is 0.302 e. The largest absolute Gasteiger partial charge is 0.461 e. The van der Waals surface area contributed by atoms with Crippen LogP contribution in [0.3, 0.4) is 0 Å². The number of rotatable bonds is 5. The molecule has 1 rings (SSSR count). The molecule has 0 aliphatic carbocycles. The van der Waals surface area contributed by atoms with Crippen molar-refractivity contribution in [2.45, 2.75) is 33.6 Å². The lowest BCUT2D eigenvalue weighted by Crippen LogP contribution is -2.03. The van der Waals surface area contributed by atoms with Crippen LogP contribution in [0.25, 0.3) is 6.08 Å². The van der Waals surface area contributed by atoms with Gasteiger partial charge in [-0.2, -0.15) is 0 Å². The van der Waals surface area contributed by atoms with Gasteiger partial charge in [-0.3, -0.25) is 4.79 Å². The van der Waals surface area contributed by atoms with Crippen LogP contribution in [0.2, 0.25) is 0 Å². The molecule has 0 aliphatic heterocycles. The Balaban J connectivity index is 2.78. The van der Waals surface area contributed by atoms with Gasteiger partial charge in [0.1, 0.15) is 6.61 Å². The zero-order valence-corrected chi connectivity index (χ0v) is 10.8. The fourth-order valence-corrected chi connectivity index (χ4v) is 1.70. The van der Waals surface area contributed by atoms with E-state index in [1.165, 1.54) is 18.1 Å². The van der Waals surface area contributed by atoms with Crippen LogP contribution in [0, 0.1) is 6.92 Å². The van der Waals surface area contributed by atoms with Gasteiger partial charge < -0.3 is 4.74 Å². The van der Waals surface area contributed by atoms with Crippen molar-refractivity contribution in [3.05, 3.63) is 41.0 Å². The van der Waals surface area contributed by atoms with E-state index in [9.17, 15) is 4.79 Å². The monoisotopic (exact) mass is 232 g/mol. The van der Waals surface area contributed by atoms with Gasteiger partial charge in [0.15, 0.2) is 0 Å². The van der Waals surface area contributed by atoms with Crippen LogP contribution in [0.5, 0.6) is 0 Å². The molecule has 0 bridgehead atoms. The van der Waals surface area contributed by atoms with Gasteiger partial charge >= 0.3 is 5.97 Å². The maximum Gasteiger partial charge on any atom is 0.302 e. The van der Waals surface area contributed by atoms with Crippen molar-refractivity contribution in [3.8, 4) is 0 Å². The minimum absolute atomic E-state index is 0.226. The van der Waals surface area contributed by atoms with E-state index in [0.717, 1.165) is 18.4 Å². The van der Waals surface area contributed by atoms with E-state index in [1.54, 1.807) is 0 Å². The highest BCUT2D eigenvalue weighted by atomic mass is 16.5. The summed E-state index contributed by atoms with van der Waals surface area (Å²) in [5.74, 6) is -0.226. The summed E-state index contributed by atoms with van der Waals surface area (Å²) in [6.07, 6.45) is 4.12. The van der Waals surface area contributed by atoms with Gasteiger partial charge in [-0.1, -0.05) is 49.2 Å². The van der Waals surface area contributed by atoms with E-state index < -0.39 is 0 Å². The second-order valence-electron chi connectivity index (χ2n) is 4.25. The maximum atomic E-state index is 10.8. The van der Waals surface area contributed by atoms with Gasteiger partial charge in [-0.15, -0.1) is 0 Å². The first-order valence-corrected chi connectivity index (χ1v) is 6.01. The SMILES string of the molecule is CCCC(=Cc1cccc(C)c1)COC(C)=O.